The second-order valence-corrected chi connectivity index (χ2v) is 20.7. The van der Waals surface area contributed by atoms with Gasteiger partial charge in [-0.1, -0.05) is 71.8 Å². The molecule has 0 spiro atoms. The molecule has 18 N–H and O–H groups in total. The van der Waals surface area contributed by atoms with Gasteiger partial charge in [0.05, 0.1) is 46.8 Å². The van der Waals surface area contributed by atoms with E-state index < -0.39 is 121 Å². The quantitative estimate of drug-likeness (QED) is 0.0168. The number of nitrogens with two attached hydrogens (primary N) is 4. The standard InChI is InChI=1S/C52H72N14O12S2/c1-3-33-31(23-29-11-5-7-13-35(29)59-33)45(71)63-39(25-67)51(77)61-37(15-17-43(55)69)49(75)65-41(47(73)57-21-9-19-53)27-79-80-28-42(48(74)58-22-10-20-54)66-50(76)38(16-18-44(56)70)62-52(78)40(26-68)64-46(72)32-24-30-12-6-8-14-36(30)60-34(32)4-2/h5-8,11-14,23-24,37-42,67-68H,3-4,9-10,15-22,25-28,53-54H2,1-2H3,(H2,55,69)(H2,56,70)(H,57,73)(H,58,74)(H,61,77)(H,62,78)(H,63,71)(H,64,72)(H,65,75)(H,66,76)/t37-,38-,39-,40-,41-,42-/m0/s1. The van der Waals surface area contributed by atoms with E-state index in [1.54, 1.807) is 74.5 Å². The lowest BCUT2D eigenvalue weighted by atomic mass is 10.1. The molecule has 10 amide bonds. The van der Waals surface area contributed by atoms with Gasteiger partial charge in [-0.25, -0.2) is 0 Å². The van der Waals surface area contributed by atoms with Crippen LogP contribution in [0.3, 0.4) is 0 Å². The van der Waals surface area contributed by atoms with Crippen LogP contribution in [0.4, 0.5) is 0 Å². The minimum Gasteiger partial charge on any atom is -0.394 e. The van der Waals surface area contributed by atoms with Crippen LogP contribution in [0.5, 0.6) is 0 Å². The molecular formula is C52H72N14O12S2. The van der Waals surface area contributed by atoms with Crippen LogP contribution in [0.25, 0.3) is 21.8 Å². The number of nitrogens with one attached hydrogen (secondary N) is 8. The molecular weight excluding hydrogens is 1080 g/mol. The number of para-hydroxylation sites is 2. The lowest BCUT2D eigenvalue weighted by molar-refractivity contribution is -0.133. The van der Waals surface area contributed by atoms with E-state index in [1.165, 1.54) is 0 Å². The van der Waals surface area contributed by atoms with Crippen molar-refractivity contribution in [3.63, 3.8) is 0 Å². The Bertz CT molecular complexity index is 2640. The van der Waals surface area contributed by atoms with Crippen LogP contribution in [-0.2, 0) is 51.2 Å². The van der Waals surface area contributed by atoms with Gasteiger partial charge in [-0.2, -0.15) is 0 Å². The summed E-state index contributed by atoms with van der Waals surface area (Å²) in [6.45, 7) is 2.47. The summed E-state index contributed by atoms with van der Waals surface area (Å²) in [6, 6.07) is 8.54. The van der Waals surface area contributed by atoms with Crippen LogP contribution in [-0.4, -0.2) is 166 Å². The largest absolute Gasteiger partial charge is 0.394 e. The van der Waals surface area contributed by atoms with Gasteiger partial charge in [0.2, 0.25) is 47.3 Å². The van der Waals surface area contributed by atoms with Crippen LogP contribution in [0, 0.1) is 0 Å². The van der Waals surface area contributed by atoms with Crippen molar-refractivity contribution in [2.24, 2.45) is 22.9 Å². The fourth-order valence-electron chi connectivity index (χ4n) is 7.78. The second-order valence-electron chi connectivity index (χ2n) is 18.2. The molecule has 0 aliphatic carbocycles. The van der Waals surface area contributed by atoms with E-state index in [2.05, 4.69) is 52.5 Å². The number of aromatic nitrogens is 2. The van der Waals surface area contributed by atoms with E-state index >= 15 is 0 Å². The number of pyridine rings is 2. The number of aryl methyl sites for hydroxylation is 2. The highest BCUT2D eigenvalue weighted by Gasteiger charge is 2.33. The monoisotopic (exact) mass is 1150 g/mol. The van der Waals surface area contributed by atoms with E-state index in [0.717, 1.165) is 21.6 Å². The van der Waals surface area contributed by atoms with Gasteiger partial charge >= 0.3 is 0 Å². The molecule has 26 nitrogen and oxygen atoms in total. The normalized spacial score (nSPS) is 13.3. The number of fused-ring (bicyclic) bond motifs is 2. The van der Waals surface area contributed by atoms with Crippen molar-refractivity contribution in [3.8, 4) is 0 Å². The summed E-state index contributed by atoms with van der Waals surface area (Å²) in [5.41, 5.74) is 24.6. The molecule has 6 atom stereocenters. The molecule has 80 heavy (non-hydrogen) atoms. The van der Waals surface area contributed by atoms with E-state index in [-0.39, 0.29) is 61.7 Å². The Kier molecular flexibility index (Phi) is 27.5. The predicted molar refractivity (Wildman–Crippen MR) is 302 cm³/mol. The molecule has 2 heterocycles. The lowest BCUT2D eigenvalue weighted by Gasteiger charge is -2.25. The number of amides is 10. The summed E-state index contributed by atoms with van der Waals surface area (Å²) in [5, 5.41) is 42.2. The van der Waals surface area contributed by atoms with Gasteiger partial charge in [0, 0.05) is 48.2 Å². The Morgan fingerprint density at radius 2 is 0.850 bits per heavy atom. The number of hydrogen-bond donors (Lipinski definition) is 14. The number of rotatable bonds is 35. The van der Waals surface area contributed by atoms with Gasteiger partial charge in [0.15, 0.2) is 0 Å². The van der Waals surface area contributed by atoms with E-state index in [0.29, 0.717) is 58.9 Å². The Labute approximate surface area is 469 Å². The predicted octanol–water partition coefficient (Wildman–Crippen LogP) is -2.43. The molecule has 0 saturated carbocycles. The Morgan fingerprint density at radius 1 is 0.500 bits per heavy atom. The van der Waals surface area contributed by atoms with Crippen LogP contribution in [0.1, 0.15) is 84.5 Å². The third kappa shape index (κ3) is 20.3. The minimum absolute atomic E-state index is 0.114. The molecule has 2 aromatic heterocycles. The SMILES string of the molecule is CCc1nc2ccccc2cc1C(=O)N[C@@H](CO)C(=O)N[C@@H](CCC(N)=O)C(=O)N[C@@H](CSSC[C@H](NC(=O)[C@H](CCC(N)=O)NC(=O)[C@H](CO)NC(=O)c1cc2ccccc2nc1CC)C(=O)NCCCN)C(=O)NCCCN. The molecule has 0 bridgehead atoms. The highest BCUT2D eigenvalue weighted by atomic mass is 33.1. The maximum absolute atomic E-state index is 14.0. The fourth-order valence-corrected chi connectivity index (χ4v) is 10.1. The molecule has 0 aliphatic heterocycles. The van der Waals surface area contributed by atoms with Crippen LogP contribution in [0.15, 0.2) is 60.7 Å². The number of primary amides is 2. The Morgan fingerprint density at radius 3 is 1.19 bits per heavy atom. The smallest absolute Gasteiger partial charge is 0.253 e. The molecule has 0 aliphatic rings. The van der Waals surface area contributed by atoms with Crippen LogP contribution < -0.4 is 65.5 Å². The summed E-state index contributed by atoms with van der Waals surface area (Å²) in [5.74, 6) is -8.70. The van der Waals surface area contributed by atoms with E-state index in [1.807, 2.05) is 0 Å². The summed E-state index contributed by atoms with van der Waals surface area (Å²) >= 11 is 0. The van der Waals surface area contributed by atoms with Crippen molar-refractivity contribution in [1.29, 1.82) is 0 Å². The van der Waals surface area contributed by atoms with Crippen molar-refractivity contribution in [2.75, 3.05) is 50.9 Å². The van der Waals surface area contributed by atoms with Crippen molar-refractivity contribution in [2.45, 2.75) is 101 Å². The molecule has 0 radical (unpaired) electrons. The number of carbonyl (C=O) groups is 10. The maximum Gasteiger partial charge on any atom is 0.253 e. The number of hydrogen-bond acceptors (Lipinski definition) is 18. The van der Waals surface area contributed by atoms with Gasteiger partial charge < -0.3 is 75.7 Å². The van der Waals surface area contributed by atoms with Gasteiger partial charge in [-0.05, 0) is 75.9 Å². The molecule has 0 unspecified atom stereocenters. The zero-order chi connectivity index (χ0) is 58.7. The van der Waals surface area contributed by atoms with E-state index in [9.17, 15) is 58.2 Å². The van der Waals surface area contributed by atoms with Crippen molar-refractivity contribution in [1.82, 2.24) is 52.5 Å². The average Bonchev–Trinajstić information content (AvgIpc) is 3.46. The van der Waals surface area contributed by atoms with Crippen LogP contribution >= 0.6 is 21.6 Å². The molecule has 0 saturated heterocycles. The first-order chi connectivity index (χ1) is 38.4. The van der Waals surface area contributed by atoms with Gasteiger partial charge in [0.1, 0.15) is 36.3 Å². The maximum atomic E-state index is 14.0. The Hall–Kier alpha value is -7.50. The molecule has 28 heteroatoms. The summed E-state index contributed by atoms with van der Waals surface area (Å²) in [6.07, 6.45) is -0.0276. The summed E-state index contributed by atoms with van der Waals surface area (Å²) in [7, 11) is 1.99. The number of aliphatic hydroxyl groups excluding tert-OH is 2. The fraction of sp³-hybridized carbons (Fsp3) is 0.462. The zero-order valence-electron chi connectivity index (χ0n) is 44.5. The first kappa shape index (κ1) is 65.0. The van der Waals surface area contributed by atoms with Gasteiger partial charge in [-0.3, -0.25) is 57.9 Å². The first-order valence-electron chi connectivity index (χ1n) is 26.0. The number of nitrogens with zero attached hydrogens (tertiary/aromatic N) is 2. The molecule has 0 fully saturated rings. The van der Waals surface area contributed by atoms with Crippen molar-refractivity contribution >= 4 is 102 Å². The minimum atomic E-state index is -1.58. The molecule has 4 aromatic rings. The van der Waals surface area contributed by atoms with Crippen LogP contribution in [0.2, 0.25) is 0 Å². The third-order valence-electron chi connectivity index (χ3n) is 12.2. The zero-order valence-corrected chi connectivity index (χ0v) is 46.2. The number of carbonyl (C=O) groups excluding carboxylic acids is 10. The van der Waals surface area contributed by atoms with Crippen molar-refractivity contribution in [3.05, 3.63) is 83.2 Å². The summed E-state index contributed by atoms with van der Waals surface area (Å²) < 4.78 is 0. The Balaban J connectivity index is 1.49. The molecule has 434 valence electrons. The highest BCUT2D eigenvalue weighted by Crippen LogP contribution is 2.24. The topological polar surface area (TPSA) is 437 Å². The highest BCUT2D eigenvalue weighted by molar-refractivity contribution is 8.76. The van der Waals surface area contributed by atoms with Gasteiger partial charge in [0.25, 0.3) is 11.8 Å². The lowest BCUT2D eigenvalue weighted by Crippen LogP contribution is -2.58. The first-order valence-corrected chi connectivity index (χ1v) is 28.5. The second kappa shape index (κ2) is 33.8. The van der Waals surface area contributed by atoms with E-state index in [4.69, 9.17) is 22.9 Å². The number of benzene rings is 2. The van der Waals surface area contributed by atoms with Crippen molar-refractivity contribution < 1.29 is 58.2 Å². The average molecular weight is 1150 g/mol. The molecule has 2 aromatic carbocycles. The summed E-state index contributed by atoms with van der Waals surface area (Å²) in [4.78, 5) is 143. The number of aliphatic hydroxyl groups is 2. The third-order valence-corrected chi connectivity index (χ3v) is 14.6. The van der Waals surface area contributed by atoms with Gasteiger partial charge in [-0.15, -0.1) is 0 Å². The molecule has 4 rings (SSSR count).